The summed E-state index contributed by atoms with van der Waals surface area (Å²) in [5.74, 6) is 0.213. The molecule has 2 nitrogen and oxygen atoms in total. The van der Waals surface area contributed by atoms with Gasteiger partial charge < -0.3 is 5.11 Å². The molecule has 1 rings (SSSR count). The minimum absolute atomic E-state index is 0.0370. The summed E-state index contributed by atoms with van der Waals surface area (Å²) in [5.41, 5.74) is 0. The SMILES string of the molecule is N#CC1CC=CCC1CO. The maximum Gasteiger partial charge on any atom is 0.0662 e. The molecule has 0 spiro atoms. The third-order valence-corrected chi connectivity index (χ3v) is 1.96. The normalized spacial score (nSPS) is 31.6. The van der Waals surface area contributed by atoms with Crippen molar-refractivity contribution in [1.29, 1.82) is 5.26 Å². The average Bonchev–Trinajstić information content (AvgIpc) is 2.04. The lowest BCUT2D eigenvalue weighted by molar-refractivity contribution is 0.194. The molecule has 0 aromatic heterocycles. The van der Waals surface area contributed by atoms with E-state index in [-0.39, 0.29) is 18.4 Å². The quantitative estimate of drug-likeness (QED) is 0.550. The molecule has 2 heteroatoms. The first kappa shape index (κ1) is 7.30. The van der Waals surface area contributed by atoms with Crippen LogP contribution in [-0.2, 0) is 0 Å². The molecule has 54 valence electrons. The highest BCUT2D eigenvalue weighted by molar-refractivity contribution is 5.01. The van der Waals surface area contributed by atoms with Crippen molar-refractivity contribution in [3.63, 3.8) is 0 Å². The van der Waals surface area contributed by atoms with E-state index in [1.807, 2.05) is 12.2 Å². The first-order chi connectivity index (χ1) is 4.88. The van der Waals surface area contributed by atoms with Gasteiger partial charge in [-0.15, -0.1) is 0 Å². The van der Waals surface area contributed by atoms with E-state index in [1.165, 1.54) is 0 Å². The number of hydrogen-bond acceptors (Lipinski definition) is 2. The van der Waals surface area contributed by atoms with Crippen LogP contribution in [-0.4, -0.2) is 11.7 Å². The summed E-state index contributed by atoms with van der Waals surface area (Å²) in [6, 6.07) is 2.19. The van der Waals surface area contributed by atoms with Gasteiger partial charge in [0, 0.05) is 12.5 Å². The zero-order valence-corrected chi connectivity index (χ0v) is 5.83. The summed E-state index contributed by atoms with van der Waals surface area (Å²) in [6.07, 6.45) is 5.71. The Morgan fingerprint density at radius 2 is 2.20 bits per heavy atom. The van der Waals surface area contributed by atoms with Gasteiger partial charge in [0.25, 0.3) is 0 Å². The number of hydrogen-bond donors (Lipinski definition) is 1. The summed E-state index contributed by atoms with van der Waals surface area (Å²) in [7, 11) is 0. The van der Waals surface area contributed by atoms with Gasteiger partial charge in [0.15, 0.2) is 0 Å². The van der Waals surface area contributed by atoms with Crippen molar-refractivity contribution < 1.29 is 5.11 Å². The van der Waals surface area contributed by atoms with Crippen LogP contribution in [0.25, 0.3) is 0 Å². The minimum atomic E-state index is 0.0370. The highest BCUT2D eigenvalue weighted by atomic mass is 16.3. The molecule has 1 N–H and O–H groups in total. The van der Waals surface area contributed by atoms with Gasteiger partial charge in [0.05, 0.1) is 12.0 Å². The second-order valence-corrected chi connectivity index (χ2v) is 2.62. The van der Waals surface area contributed by atoms with Crippen molar-refractivity contribution in [2.24, 2.45) is 11.8 Å². The number of allylic oxidation sites excluding steroid dienone is 2. The van der Waals surface area contributed by atoms with Crippen molar-refractivity contribution in [2.45, 2.75) is 12.8 Å². The summed E-state index contributed by atoms with van der Waals surface area (Å²) in [6.45, 7) is 0.141. The Labute approximate surface area is 60.8 Å². The van der Waals surface area contributed by atoms with Crippen LogP contribution in [0.3, 0.4) is 0 Å². The molecule has 2 atom stereocenters. The molecule has 0 aromatic carbocycles. The van der Waals surface area contributed by atoms with Gasteiger partial charge in [0.2, 0.25) is 0 Å². The number of aliphatic hydroxyl groups is 1. The first-order valence-electron chi connectivity index (χ1n) is 3.54. The van der Waals surface area contributed by atoms with Crippen molar-refractivity contribution in [3.8, 4) is 6.07 Å². The number of nitriles is 1. The summed E-state index contributed by atoms with van der Waals surface area (Å²) in [5, 5.41) is 17.4. The van der Waals surface area contributed by atoms with E-state index in [9.17, 15) is 0 Å². The standard InChI is InChI=1S/C8H11NO/c9-5-7-3-1-2-4-8(7)6-10/h1-2,7-8,10H,3-4,6H2. The topological polar surface area (TPSA) is 44.0 Å². The van der Waals surface area contributed by atoms with Crippen LogP contribution < -0.4 is 0 Å². The van der Waals surface area contributed by atoms with Gasteiger partial charge in [-0.25, -0.2) is 0 Å². The van der Waals surface area contributed by atoms with Crippen LogP contribution in [0.2, 0.25) is 0 Å². The third kappa shape index (κ3) is 1.37. The number of aliphatic hydroxyl groups excluding tert-OH is 1. The third-order valence-electron chi connectivity index (χ3n) is 1.96. The van der Waals surface area contributed by atoms with E-state index in [0.717, 1.165) is 12.8 Å². The fourth-order valence-electron chi connectivity index (χ4n) is 1.23. The lowest BCUT2D eigenvalue weighted by atomic mass is 9.85. The lowest BCUT2D eigenvalue weighted by Gasteiger charge is -2.19. The monoisotopic (exact) mass is 137 g/mol. The molecule has 0 bridgehead atoms. The fraction of sp³-hybridized carbons (Fsp3) is 0.625. The van der Waals surface area contributed by atoms with E-state index in [2.05, 4.69) is 6.07 Å². The average molecular weight is 137 g/mol. The van der Waals surface area contributed by atoms with Crippen molar-refractivity contribution in [3.05, 3.63) is 12.2 Å². The number of rotatable bonds is 1. The first-order valence-corrected chi connectivity index (χ1v) is 3.54. The summed E-state index contributed by atoms with van der Waals surface area (Å²) >= 11 is 0. The largest absolute Gasteiger partial charge is 0.396 e. The van der Waals surface area contributed by atoms with Gasteiger partial charge in [0.1, 0.15) is 0 Å². The fourth-order valence-corrected chi connectivity index (χ4v) is 1.23. The zero-order valence-electron chi connectivity index (χ0n) is 5.83. The van der Waals surface area contributed by atoms with Crippen LogP contribution >= 0.6 is 0 Å². The predicted octanol–water partition coefficient (Wildman–Crippen LogP) is 1.08. The molecule has 0 heterocycles. The van der Waals surface area contributed by atoms with E-state index in [0.29, 0.717) is 0 Å². The highest BCUT2D eigenvalue weighted by Gasteiger charge is 2.20. The number of nitrogens with zero attached hydrogens (tertiary/aromatic N) is 1. The molecule has 0 aromatic rings. The van der Waals surface area contributed by atoms with Gasteiger partial charge in [-0.1, -0.05) is 12.2 Å². The van der Waals surface area contributed by atoms with Crippen molar-refractivity contribution in [1.82, 2.24) is 0 Å². The maximum absolute atomic E-state index is 8.81. The Morgan fingerprint density at radius 1 is 1.50 bits per heavy atom. The second kappa shape index (κ2) is 3.38. The van der Waals surface area contributed by atoms with Gasteiger partial charge in [-0.05, 0) is 12.8 Å². The Morgan fingerprint density at radius 3 is 2.70 bits per heavy atom. The molecule has 0 amide bonds. The Balaban J connectivity index is 2.55. The summed E-state index contributed by atoms with van der Waals surface area (Å²) < 4.78 is 0. The van der Waals surface area contributed by atoms with Crippen LogP contribution in [0.4, 0.5) is 0 Å². The predicted molar refractivity (Wildman–Crippen MR) is 38.1 cm³/mol. The smallest absolute Gasteiger partial charge is 0.0662 e. The molecule has 0 saturated heterocycles. The molecular formula is C8H11NO. The lowest BCUT2D eigenvalue weighted by Crippen LogP contribution is -2.18. The molecule has 0 radical (unpaired) electrons. The van der Waals surface area contributed by atoms with Crippen LogP contribution in [0.1, 0.15) is 12.8 Å². The second-order valence-electron chi connectivity index (χ2n) is 2.62. The molecular weight excluding hydrogens is 126 g/mol. The van der Waals surface area contributed by atoms with Gasteiger partial charge >= 0.3 is 0 Å². The molecule has 10 heavy (non-hydrogen) atoms. The van der Waals surface area contributed by atoms with Crippen molar-refractivity contribution >= 4 is 0 Å². The van der Waals surface area contributed by atoms with Crippen LogP contribution in [0.5, 0.6) is 0 Å². The molecule has 0 fully saturated rings. The Hall–Kier alpha value is -0.810. The van der Waals surface area contributed by atoms with Crippen LogP contribution in [0, 0.1) is 23.2 Å². The Kier molecular flexibility index (Phi) is 2.47. The highest BCUT2D eigenvalue weighted by Crippen LogP contribution is 2.23. The van der Waals surface area contributed by atoms with E-state index in [1.54, 1.807) is 0 Å². The van der Waals surface area contributed by atoms with E-state index in [4.69, 9.17) is 10.4 Å². The molecule has 0 saturated carbocycles. The molecule has 2 unspecified atom stereocenters. The summed E-state index contributed by atoms with van der Waals surface area (Å²) in [4.78, 5) is 0. The van der Waals surface area contributed by atoms with E-state index < -0.39 is 0 Å². The maximum atomic E-state index is 8.81. The van der Waals surface area contributed by atoms with Crippen LogP contribution in [0.15, 0.2) is 12.2 Å². The minimum Gasteiger partial charge on any atom is -0.396 e. The van der Waals surface area contributed by atoms with Gasteiger partial charge in [-0.2, -0.15) is 5.26 Å². The zero-order chi connectivity index (χ0) is 7.40. The molecule has 1 aliphatic rings. The van der Waals surface area contributed by atoms with Gasteiger partial charge in [-0.3, -0.25) is 0 Å². The Bertz CT molecular complexity index is 169. The van der Waals surface area contributed by atoms with Crippen molar-refractivity contribution in [2.75, 3.05) is 6.61 Å². The van der Waals surface area contributed by atoms with E-state index >= 15 is 0 Å². The molecule has 1 aliphatic carbocycles. The molecule has 0 aliphatic heterocycles.